The van der Waals surface area contributed by atoms with Crippen molar-refractivity contribution in [2.24, 2.45) is 0 Å². The fraction of sp³-hybridized carbons (Fsp3) is 0.471. The van der Waals surface area contributed by atoms with Crippen molar-refractivity contribution in [3.05, 3.63) is 40.9 Å². The molecule has 1 aliphatic heterocycles. The van der Waals surface area contributed by atoms with Crippen molar-refractivity contribution in [3.8, 4) is 0 Å². The van der Waals surface area contributed by atoms with Crippen LogP contribution in [0, 0.1) is 0 Å². The summed E-state index contributed by atoms with van der Waals surface area (Å²) in [6, 6.07) is 5.30. The molecule has 1 aromatic carbocycles. The molecule has 126 valence electrons. The number of halogens is 2. The quantitative estimate of drug-likeness (QED) is 0.725. The van der Waals surface area contributed by atoms with Crippen LogP contribution in [0.3, 0.4) is 0 Å². The smallest absolute Gasteiger partial charge is 0.410 e. The number of amides is 1. The summed E-state index contributed by atoms with van der Waals surface area (Å²) in [5, 5.41) is 1.21. The van der Waals surface area contributed by atoms with Crippen LogP contribution in [0.5, 0.6) is 0 Å². The third-order valence-corrected chi connectivity index (χ3v) is 4.11. The molecule has 0 aliphatic carbocycles. The lowest BCUT2D eigenvalue weighted by Crippen LogP contribution is -2.55. The van der Waals surface area contributed by atoms with Gasteiger partial charge in [0.2, 0.25) is 0 Å². The Bertz CT molecular complexity index is 599. The summed E-state index contributed by atoms with van der Waals surface area (Å²) in [5.41, 5.74) is 0.395. The summed E-state index contributed by atoms with van der Waals surface area (Å²) in [6.45, 7) is 11.3. The summed E-state index contributed by atoms with van der Waals surface area (Å²) in [6.07, 6.45) is 1.45. The highest BCUT2D eigenvalue weighted by molar-refractivity contribution is 6.36. The van der Waals surface area contributed by atoms with Crippen LogP contribution in [0.2, 0.25) is 10.0 Å². The van der Waals surface area contributed by atoms with Crippen LogP contribution in [-0.2, 0) is 4.74 Å². The second-order valence-corrected chi connectivity index (χ2v) is 7.36. The molecule has 1 aliphatic rings. The SMILES string of the molecule is C=C[C@@H]1CN(c2ccc(Cl)cc2Cl)CCN1C(=O)OC(C)(C)C. The first-order valence-corrected chi connectivity index (χ1v) is 8.29. The van der Waals surface area contributed by atoms with E-state index in [4.69, 9.17) is 27.9 Å². The maximum atomic E-state index is 12.3. The Balaban J connectivity index is 2.12. The Morgan fingerprint density at radius 3 is 2.61 bits per heavy atom. The van der Waals surface area contributed by atoms with E-state index in [1.54, 1.807) is 17.0 Å². The molecule has 0 bridgehead atoms. The zero-order chi connectivity index (χ0) is 17.2. The van der Waals surface area contributed by atoms with Crippen molar-refractivity contribution in [1.82, 2.24) is 4.90 Å². The van der Waals surface area contributed by atoms with Gasteiger partial charge in [-0.15, -0.1) is 6.58 Å². The fourth-order valence-electron chi connectivity index (χ4n) is 2.52. The van der Waals surface area contributed by atoms with Crippen molar-refractivity contribution in [2.45, 2.75) is 32.4 Å². The summed E-state index contributed by atoms with van der Waals surface area (Å²) in [5.74, 6) is 0. The Morgan fingerprint density at radius 2 is 2.04 bits per heavy atom. The maximum Gasteiger partial charge on any atom is 0.410 e. The second kappa shape index (κ2) is 7.02. The summed E-state index contributed by atoms with van der Waals surface area (Å²) < 4.78 is 5.47. The normalized spacial score (nSPS) is 18.7. The number of anilines is 1. The van der Waals surface area contributed by atoms with Crippen LogP contribution in [0.4, 0.5) is 10.5 Å². The summed E-state index contributed by atoms with van der Waals surface area (Å²) >= 11 is 12.2. The van der Waals surface area contributed by atoms with Gasteiger partial charge in [0.15, 0.2) is 0 Å². The van der Waals surface area contributed by atoms with Crippen LogP contribution >= 0.6 is 23.2 Å². The van der Waals surface area contributed by atoms with E-state index in [9.17, 15) is 4.79 Å². The predicted molar refractivity (Wildman–Crippen MR) is 95.6 cm³/mol. The van der Waals surface area contributed by atoms with Crippen molar-refractivity contribution in [2.75, 3.05) is 24.5 Å². The largest absolute Gasteiger partial charge is 0.444 e. The third-order valence-electron chi connectivity index (χ3n) is 3.57. The lowest BCUT2D eigenvalue weighted by Gasteiger charge is -2.41. The third kappa shape index (κ3) is 4.55. The average molecular weight is 357 g/mol. The van der Waals surface area contributed by atoms with Gasteiger partial charge in [-0.2, -0.15) is 0 Å². The maximum absolute atomic E-state index is 12.3. The summed E-state index contributed by atoms with van der Waals surface area (Å²) in [4.78, 5) is 16.2. The van der Waals surface area contributed by atoms with Gasteiger partial charge in [-0.25, -0.2) is 4.79 Å². The number of rotatable bonds is 2. The molecule has 0 saturated carbocycles. The number of hydrogen-bond acceptors (Lipinski definition) is 3. The number of benzene rings is 1. The molecule has 2 rings (SSSR count). The molecule has 1 amide bonds. The first kappa shape index (κ1) is 18.0. The van der Waals surface area contributed by atoms with Crippen LogP contribution in [0.15, 0.2) is 30.9 Å². The minimum atomic E-state index is -0.514. The van der Waals surface area contributed by atoms with Crippen LogP contribution in [-0.4, -0.2) is 42.3 Å². The molecule has 23 heavy (non-hydrogen) atoms. The molecule has 1 saturated heterocycles. The van der Waals surface area contributed by atoms with Crippen LogP contribution < -0.4 is 4.90 Å². The molecular weight excluding hydrogens is 335 g/mol. The number of piperazine rings is 1. The van der Waals surface area contributed by atoms with Gasteiger partial charge >= 0.3 is 6.09 Å². The number of carbonyl (C=O) groups excluding carboxylic acids is 1. The van der Waals surface area contributed by atoms with Crippen LogP contribution in [0.25, 0.3) is 0 Å². The molecule has 0 aromatic heterocycles. The van der Waals surface area contributed by atoms with E-state index in [1.165, 1.54) is 0 Å². The molecule has 0 unspecified atom stereocenters. The minimum Gasteiger partial charge on any atom is -0.444 e. The molecule has 1 aromatic rings. The zero-order valence-electron chi connectivity index (χ0n) is 13.7. The van der Waals surface area contributed by atoms with Crippen molar-refractivity contribution >= 4 is 35.0 Å². The molecule has 6 heteroatoms. The predicted octanol–water partition coefficient (Wildman–Crippen LogP) is 4.61. The molecule has 1 heterocycles. The average Bonchev–Trinajstić information content (AvgIpc) is 2.44. The molecule has 1 fully saturated rings. The van der Waals surface area contributed by atoms with Crippen molar-refractivity contribution < 1.29 is 9.53 Å². The minimum absolute atomic E-state index is 0.134. The Morgan fingerprint density at radius 1 is 1.35 bits per heavy atom. The molecule has 0 radical (unpaired) electrons. The Kier molecular flexibility index (Phi) is 5.48. The highest BCUT2D eigenvalue weighted by atomic mass is 35.5. The van der Waals surface area contributed by atoms with E-state index in [0.717, 1.165) is 5.69 Å². The highest BCUT2D eigenvalue weighted by Gasteiger charge is 2.32. The van der Waals surface area contributed by atoms with Gasteiger partial charge in [-0.1, -0.05) is 29.3 Å². The molecule has 1 atom stereocenters. The standard InChI is InChI=1S/C17H22Cl2N2O2/c1-5-13-11-20(15-7-6-12(18)10-14(15)19)8-9-21(13)16(22)23-17(2,3)4/h5-7,10,13H,1,8-9,11H2,2-4H3/t13-/m1/s1. The number of ether oxygens (including phenoxy) is 1. The van der Waals surface area contributed by atoms with Gasteiger partial charge < -0.3 is 9.64 Å². The molecule has 4 nitrogen and oxygen atoms in total. The van der Waals surface area contributed by atoms with Crippen molar-refractivity contribution in [1.29, 1.82) is 0 Å². The number of nitrogens with zero attached hydrogens (tertiary/aromatic N) is 2. The Labute approximate surface area is 147 Å². The van der Waals surface area contributed by atoms with E-state index in [2.05, 4.69) is 11.5 Å². The highest BCUT2D eigenvalue weighted by Crippen LogP contribution is 2.30. The van der Waals surface area contributed by atoms with Gasteiger partial charge in [-0.3, -0.25) is 4.90 Å². The van der Waals surface area contributed by atoms with Gasteiger partial charge in [0, 0.05) is 24.7 Å². The summed E-state index contributed by atoms with van der Waals surface area (Å²) in [7, 11) is 0. The van der Waals surface area contributed by atoms with E-state index in [-0.39, 0.29) is 12.1 Å². The van der Waals surface area contributed by atoms with E-state index in [1.807, 2.05) is 32.9 Å². The molecule has 0 spiro atoms. The Hall–Kier alpha value is -1.39. The first-order chi connectivity index (χ1) is 10.7. The fourth-order valence-corrected chi connectivity index (χ4v) is 3.04. The first-order valence-electron chi connectivity index (χ1n) is 7.53. The van der Waals surface area contributed by atoms with Gasteiger partial charge in [-0.05, 0) is 39.0 Å². The number of hydrogen-bond donors (Lipinski definition) is 0. The van der Waals surface area contributed by atoms with Gasteiger partial charge in [0.25, 0.3) is 0 Å². The lowest BCUT2D eigenvalue weighted by atomic mass is 10.1. The number of carbonyl (C=O) groups is 1. The topological polar surface area (TPSA) is 32.8 Å². The molecule has 0 N–H and O–H groups in total. The van der Waals surface area contributed by atoms with Crippen molar-refractivity contribution in [3.63, 3.8) is 0 Å². The molecular formula is C17H22Cl2N2O2. The second-order valence-electron chi connectivity index (χ2n) is 6.52. The van der Waals surface area contributed by atoms with Crippen LogP contribution in [0.1, 0.15) is 20.8 Å². The van der Waals surface area contributed by atoms with E-state index >= 15 is 0 Å². The van der Waals surface area contributed by atoms with E-state index < -0.39 is 5.60 Å². The van der Waals surface area contributed by atoms with E-state index in [0.29, 0.717) is 29.7 Å². The lowest BCUT2D eigenvalue weighted by molar-refractivity contribution is 0.0184. The van der Waals surface area contributed by atoms with Gasteiger partial charge in [0.05, 0.1) is 16.8 Å². The van der Waals surface area contributed by atoms with Gasteiger partial charge in [0.1, 0.15) is 5.60 Å². The zero-order valence-corrected chi connectivity index (χ0v) is 15.2. The monoisotopic (exact) mass is 356 g/mol.